The summed E-state index contributed by atoms with van der Waals surface area (Å²) >= 11 is 0. The molecule has 7 heteroatoms. The van der Waals surface area contributed by atoms with Crippen molar-refractivity contribution in [1.29, 1.82) is 0 Å². The third-order valence-electron chi connectivity index (χ3n) is 5.18. The van der Waals surface area contributed by atoms with E-state index >= 15 is 0 Å². The minimum Gasteiger partial charge on any atom is -0.356 e. The van der Waals surface area contributed by atoms with Crippen molar-refractivity contribution in [3.05, 3.63) is 18.1 Å². The summed E-state index contributed by atoms with van der Waals surface area (Å²) in [6.07, 6.45) is 8.24. The third-order valence-corrected chi connectivity index (χ3v) is 5.18. The van der Waals surface area contributed by atoms with Crippen molar-refractivity contribution in [2.45, 2.75) is 51.5 Å². The van der Waals surface area contributed by atoms with Crippen LogP contribution in [0, 0.1) is 12.8 Å². The normalized spacial score (nSPS) is 22.2. The first-order valence-corrected chi connectivity index (χ1v) is 8.93. The number of anilines is 1. The summed E-state index contributed by atoms with van der Waals surface area (Å²) in [6.45, 7) is 3.63. The Morgan fingerprint density at radius 2 is 2.08 bits per heavy atom. The Bertz CT molecular complexity index is 736. The Morgan fingerprint density at radius 1 is 1.25 bits per heavy atom. The van der Waals surface area contributed by atoms with Crippen LogP contribution in [0.4, 0.5) is 5.82 Å². The van der Waals surface area contributed by atoms with Crippen molar-refractivity contribution in [3.8, 4) is 0 Å². The molecule has 0 radical (unpaired) electrons. The fourth-order valence-electron chi connectivity index (χ4n) is 3.92. The molecule has 7 nitrogen and oxygen atoms in total. The van der Waals surface area contributed by atoms with Crippen molar-refractivity contribution >= 4 is 17.5 Å². The Hall–Kier alpha value is -2.18. The Balaban J connectivity index is 1.51. The topological polar surface area (TPSA) is 75.4 Å². The van der Waals surface area contributed by atoms with Gasteiger partial charge < -0.3 is 10.2 Å². The molecule has 128 valence electrons. The summed E-state index contributed by atoms with van der Waals surface area (Å²) in [6, 6.07) is 2.41. The second-order valence-corrected chi connectivity index (χ2v) is 7.00. The van der Waals surface area contributed by atoms with Crippen molar-refractivity contribution in [3.63, 3.8) is 0 Å². The van der Waals surface area contributed by atoms with Gasteiger partial charge >= 0.3 is 0 Å². The summed E-state index contributed by atoms with van der Waals surface area (Å²) in [5.74, 6) is 1.86. The average molecular weight is 328 g/mol. The van der Waals surface area contributed by atoms with Crippen molar-refractivity contribution < 1.29 is 4.79 Å². The maximum absolute atomic E-state index is 12.6. The largest absolute Gasteiger partial charge is 0.356 e. The van der Waals surface area contributed by atoms with Gasteiger partial charge in [-0.15, -0.1) is 0 Å². The molecule has 2 fully saturated rings. The molecule has 0 spiro atoms. The van der Waals surface area contributed by atoms with Crippen molar-refractivity contribution in [2.75, 3.05) is 18.0 Å². The number of aryl methyl sites for hydroxylation is 1. The molecule has 1 amide bonds. The minimum absolute atomic E-state index is 0.0476. The highest BCUT2D eigenvalue weighted by atomic mass is 16.2. The van der Waals surface area contributed by atoms with Crippen molar-refractivity contribution in [1.82, 2.24) is 24.9 Å². The molecule has 3 heterocycles. The number of fused-ring (bicyclic) bond motifs is 1. The van der Waals surface area contributed by atoms with Crippen LogP contribution in [0.25, 0.3) is 5.78 Å². The summed E-state index contributed by atoms with van der Waals surface area (Å²) in [5.41, 5.74) is 0.919. The van der Waals surface area contributed by atoms with Gasteiger partial charge in [-0.2, -0.15) is 14.6 Å². The Kier molecular flexibility index (Phi) is 4.08. The number of nitrogens with zero attached hydrogens (tertiary/aromatic N) is 5. The zero-order valence-corrected chi connectivity index (χ0v) is 14.1. The number of piperidine rings is 1. The number of nitrogens with one attached hydrogen (secondary N) is 1. The van der Waals surface area contributed by atoms with Crippen LogP contribution < -0.4 is 10.2 Å². The van der Waals surface area contributed by atoms with E-state index in [1.54, 1.807) is 4.52 Å². The SMILES string of the molecule is Cc1cc(N2CCC[C@H](C(=O)NC3CCCC3)C2)n2ncnc2n1. The van der Waals surface area contributed by atoms with E-state index in [9.17, 15) is 4.79 Å². The van der Waals surface area contributed by atoms with Crippen molar-refractivity contribution in [2.24, 2.45) is 5.92 Å². The molecule has 0 aromatic carbocycles. The first kappa shape index (κ1) is 15.4. The number of carbonyl (C=O) groups is 1. The van der Waals surface area contributed by atoms with Gasteiger partial charge in [-0.3, -0.25) is 4.79 Å². The maximum Gasteiger partial charge on any atom is 0.254 e. The molecular weight excluding hydrogens is 304 g/mol. The molecule has 0 bridgehead atoms. The highest BCUT2D eigenvalue weighted by molar-refractivity contribution is 5.80. The molecule has 1 N–H and O–H groups in total. The van der Waals surface area contributed by atoms with Gasteiger partial charge in [-0.25, -0.2) is 4.98 Å². The van der Waals surface area contributed by atoms with Gasteiger partial charge in [0.25, 0.3) is 5.78 Å². The lowest BCUT2D eigenvalue weighted by Crippen LogP contribution is -2.46. The average Bonchev–Trinajstić information content (AvgIpc) is 3.25. The number of rotatable bonds is 3. The second-order valence-electron chi connectivity index (χ2n) is 7.00. The zero-order chi connectivity index (χ0) is 16.5. The fourth-order valence-corrected chi connectivity index (χ4v) is 3.92. The number of amides is 1. The fraction of sp³-hybridized carbons (Fsp3) is 0.647. The molecular formula is C17H24N6O. The molecule has 1 atom stereocenters. The van der Waals surface area contributed by atoms with Gasteiger partial charge in [-0.1, -0.05) is 12.8 Å². The van der Waals surface area contributed by atoms with Crippen LogP contribution in [0.15, 0.2) is 12.4 Å². The van der Waals surface area contributed by atoms with E-state index in [0.717, 1.165) is 50.3 Å². The van der Waals surface area contributed by atoms with Gasteiger partial charge in [0.05, 0.1) is 5.92 Å². The Labute approximate surface area is 141 Å². The Morgan fingerprint density at radius 3 is 2.92 bits per heavy atom. The van der Waals surface area contributed by atoms with Crippen LogP contribution >= 0.6 is 0 Å². The second kappa shape index (κ2) is 6.37. The number of carbonyl (C=O) groups excluding carboxylic acids is 1. The highest BCUT2D eigenvalue weighted by Crippen LogP contribution is 2.25. The van der Waals surface area contributed by atoms with Gasteiger partial charge in [0.1, 0.15) is 12.1 Å². The van der Waals surface area contributed by atoms with E-state index in [2.05, 4.69) is 25.3 Å². The third kappa shape index (κ3) is 2.95. The molecule has 1 saturated heterocycles. The number of hydrogen-bond donors (Lipinski definition) is 1. The lowest BCUT2D eigenvalue weighted by molar-refractivity contribution is -0.125. The molecule has 24 heavy (non-hydrogen) atoms. The van der Waals surface area contributed by atoms with E-state index in [1.165, 1.54) is 19.2 Å². The molecule has 2 aliphatic rings. The minimum atomic E-state index is 0.0476. The smallest absolute Gasteiger partial charge is 0.254 e. The van der Waals surface area contributed by atoms with E-state index in [0.29, 0.717) is 11.8 Å². The van der Waals surface area contributed by atoms with E-state index in [-0.39, 0.29) is 11.8 Å². The summed E-state index contributed by atoms with van der Waals surface area (Å²) in [4.78, 5) is 23.5. The van der Waals surface area contributed by atoms with Gasteiger partial charge in [0, 0.05) is 30.9 Å². The van der Waals surface area contributed by atoms with Crippen LogP contribution in [-0.2, 0) is 4.79 Å². The lowest BCUT2D eigenvalue weighted by atomic mass is 9.96. The van der Waals surface area contributed by atoms with Crippen LogP contribution in [0.1, 0.15) is 44.2 Å². The molecule has 2 aromatic rings. The molecule has 1 aliphatic heterocycles. The van der Waals surface area contributed by atoms with Crippen LogP contribution in [0.3, 0.4) is 0 Å². The van der Waals surface area contributed by atoms with Gasteiger partial charge in [-0.05, 0) is 32.6 Å². The summed E-state index contributed by atoms with van der Waals surface area (Å²) < 4.78 is 1.77. The van der Waals surface area contributed by atoms with E-state index in [4.69, 9.17) is 0 Å². The molecule has 1 aliphatic carbocycles. The molecule has 2 aromatic heterocycles. The van der Waals surface area contributed by atoms with E-state index in [1.807, 2.05) is 13.0 Å². The molecule has 0 unspecified atom stereocenters. The first-order valence-electron chi connectivity index (χ1n) is 8.93. The van der Waals surface area contributed by atoms with Crippen LogP contribution in [-0.4, -0.2) is 44.6 Å². The predicted octanol–water partition coefficient (Wildman–Crippen LogP) is 1.71. The highest BCUT2D eigenvalue weighted by Gasteiger charge is 2.29. The summed E-state index contributed by atoms with van der Waals surface area (Å²) in [5, 5.41) is 7.54. The molecule has 4 rings (SSSR count). The van der Waals surface area contributed by atoms with Crippen LogP contribution in [0.2, 0.25) is 0 Å². The first-order chi connectivity index (χ1) is 11.7. The lowest BCUT2D eigenvalue weighted by Gasteiger charge is -2.34. The summed E-state index contributed by atoms with van der Waals surface area (Å²) in [7, 11) is 0. The van der Waals surface area contributed by atoms with Gasteiger partial charge in [0.2, 0.25) is 5.91 Å². The maximum atomic E-state index is 12.6. The standard InChI is InChI=1S/C17H24N6O/c1-12-9-15(23-17(20-12)18-11-19-23)22-8-4-5-13(10-22)16(24)21-14-6-2-3-7-14/h9,11,13-14H,2-8,10H2,1H3,(H,21,24)/t13-/m0/s1. The molecule has 1 saturated carbocycles. The van der Waals surface area contributed by atoms with E-state index < -0.39 is 0 Å². The zero-order valence-electron chi connectivity index (χ0n) is 14.1. The predicted molar refractivity (Wildman–Crippen MR) is 90.9 cm³/mol. The number of aromatic nitrogens is 4. The van der Waals surface area contributed by atoms with Gasteiger partial charge in [0.15, 0.2) is 0 Å². The monoisotopic (exact) mass is 328 g/mol. The quantitative estimate of drug-likeness (QED) is 0.928. The number of hydrogen-bond acceptors (Lipinski definition) is 5. The van der Waals surface area contributed by atoms with Crippen LogP contribution in [0.5, 0.6) is 0 Å².